The van der Waals surface area contributed by atoms with E-state index in [2.05, 4.69) is 0 Å². The Labute approximate surface area is 112 Å². The van der Waals surface area contributed by atoms with E-state index in [1.807, 2.05) is 12.1 Å². The highest BCUT2D eigenvalue weighted by Crippen LogP contribution is 2.48. The first-order valence-corrected chi connectivity index (χ1v) is 7.01. The number of ether oxygens (including phenoxy) is 1. The maximum absolute atomic E-state index is 12.1. The lowest BCUT2D eigenvalue weighted by molar-refractivity contribution is -0.126. The van der Waals surface area contributed by atoms with Crippen LogP contribution >= 0.6 is 11.6 Å². The van der Waals surface area contributed by atoms with Gasteiger partial charge in [-0.05, 0) is 49.3 Å². The maximum Gasteiger partial charge on any atom is 0.173 e. The second kappa shape index (κ2) is 4.93. The fourth-order valence-corrected chi connectivity index (χ4v) is 3.64. The van der Waals surface area contributed by atoms with Gasteiger partial charge >= 0.3 is 0 Å². The molecule has 2 aliphatic rings. The average Bonchev–Trinajstić information content (AvgIpc) is 2.98. The van der Waals surface area contributed by atoms with E-state index in [9.17, 15) is 4.79 Å². The molecule has 0 saturated heterocycles. The van der Waals surface area contributed by atoms with Crippen molar-refractivity contribution in [1.29, 1.82) is 0 Å². The molecule has 0 aliphatic heterocycles. The molecule has 3 heteroatoms. The number of fused-ring (bicyclic) bond motifs is 2. The Morgan fingerprint density at radius 1 is 1.33 bits per heavy atom. The van der Waals surface area contributed by atoms with Gasteiger partial charge in [-0.2, -0.15) is 0 Å². The van der Waals surface area contributed by atoms with Crippen LogP contribution in [-0.4, -0.2) is 12.4 Å². The molecule has 3 unspecified atom stereocenters. The molecule has 0 heterocycles. The molecule has 3 rings (SSSR count). The molecule has 0 N–H and O–H groups in total. The van der Waals surface area contributed by atoms with Crippen molar-refractivity contribution >= 4 is 17.4 Å². The monoisotopic (exact) mass is 264 g/mol. The van der Waals surface area contributed by atoms with Crippen molar-refractivity contribution in [2.45, 2.75) is 25.7 Å². The third kappa shape index (κ3) is 2.39. The summed E-state index contributed by atoms with van der Waals surface area (Å²) >= 11 is 5.87. The molecule has 2 aliphatic carbocycles. The molecule has 2 fully saturated rings. The second-order valence-electron chi connectivity index (χ2n) is 5.49. The number of hydrogen-bond donors (Lipinski definition) is 0. The van der Waals surface area contributed by atoms with E-state index in [-0.39, 0.29) is 18.3 Å². The lowest BCUT2D eigenvalue weighted by Gasteiger charge is -2.20. The summed E-state index contributed by atoms with van der Waals surface area (Å²) in [6.07, 6.45) is 4.90. The van der Waals surface area contributed by atoms with Crippen molar-refractivity contribution < 1.29 is 9.53 Å². The van der Waals surface area contributed by atoms with E-state index in [1.54, 1.807) is 12.1 Å². The molecule has 0 spiro atoms. The highest BCUT2D eigenvalue weighted by atomic mass is 35.5. The Morgan fingerprint density at radius 2 is 2.22 bits per heavy atom. The summed E-state index contributed by atoms with van der Waals surface area (Å²) in [4.78, 5) is 12.1. The standard InChI is InChI=1S/C15H17ClO2/c16-12-2-1-3-13(8-12)18-9-15(17)14-7-10-4-5-11(14)6-10/h1-3,8,10-11,14H,4-7,9H2. The Kier molecular flexibility index (Phi) is 3.29. The molecular formula is C15H17ClO2. The molecular weight excluding hydrogens is 248 g/mol. The van der Waals surface area contributed by atoms with Gasteiger partial charge in [0.2, 0.25) is 0 Å². The molecule has 0 aromatic heterocycles. The maximum atomic E-state index is 12.1. The minimum absolute atomic E-state index is 0.189. The zero-order chi connectivity index (χ0) is 12.5. The Balaban J connectivity index is 1.56. The van der Waals surface area contributed by atoms with Gasteiger partial charge in [0.05, 0.1) is 0 Å². The van der Waals surface area contributed by atoms with E-state index >= 15 is 0 Å². The number of halogens is 1. The van der Waals surface area contributed by atoms with Crippen LogP contribution in [0, 0.1) is 17.8 Å². The first-order chi connectivity index (χ1) is 8.72. The number of rotatable bonds is 4. The number of benzene rings is 1. The van der Waals surface area contributed by atoms with Crippen molar-refractivity contribution in [3.63, 3.8) is 0 Å². The number of ketones is 1. The van der Waals surface area contributed by atoms with Gasteiger partial charge in [0, 0.05) is 10.9 Å². The van der Waals surface area contributed by atoms with Crippen LogP contribution in [0.25, 0.3) is 0 Å². The number of hydrogen-bond acceptors (Lipinski definition) is 2. The summed E-state index contributed by atoms with van der Waals surface area (Å²) in [5.41, 5.74) is 0. The third-order valence-electron chi connectivity index (χ3n) is 4.33. The Morgan fingerprint density at radius 3 is 2.89 bits per heavy atom. The highest BCUT2D eigenvalue weighted by molar-refractivity contribution is 6.30. The molecule has 1 aromatic rings. The lowest BCUT2D eigenvalue weighted by atomic mass is 9.86. The summed E-state index contributed by atoms with van der Waals surface area (Å²) in [6.45, 7) is 0.189. The highest BCUT2D eigenvalue weighted by Gasteiger charge is 2.42. The zero-order valence-corrected chi connectivity index (χ0v) is 11.0. The summed E-state index contributed by atoms with van der Waals surface area (Å²) in [7, 11) is 0. The van der Waals surface area contributed by atoms with E-state index in [0.29, 0.717) is 16.7 Å². The molecule has 0 amide bonds. The van der Waals surface area contributed by atoms with E-state index in [1.165, 1.54) is 19.3 Å². The predicted octanol–water partition coefficient (Wildman–Crippen LogP) is 3.72. The van der Waals surface area contributed by atoms with Crippen LogP contribution in [0.1, 0.15) is 25.7 Å². The van der Waals surface area contributed by atoms with E-state index in [0.717, 1.165) is 12.3 Å². The molecule has 2 bridgehead atoms. The van der Waals surface area contributed by atoms with Gasteiger partial charge in [-0.25, -0.2) is 0 Å². The van der Waals surface area contributed by atoms with Crippen molar-refractivity contribution in [3.8, 4) is 5.75 Å². The third-order valence-corrected chi connectivity index (χ3v) is 4.56. The molecule has 96 valence electrons. The van der Waals surface area contributed by atoms with Gasteiger partial charge in [-0.1, -0.05) is 24.1 Å². The van der Waals surface area contributed by atoms with Crippen LogP contribution in [0.5, 0.6) is 5.75 Å². The minimum atomic E-state index is 0.189. The van der Waals surface area contributed by atoms with Crippen molar-refractivity contribution in [1.82, 2.24) is 0 Å². The molecule has 1 aromatic carbocycles. The van der Waals surface area contributed by atoms with Gasteiger partial charge < -0.3 is 4.74 Å². The molecule has 18 heavy (non-hydrogen) atoms. The molecule has 2 saturated carbocycles. The quantitative estimate of drug-likeness (QED) is 0.828. The van der Waals surface area contributed by atoms with Gasteiger partial charge in [0.15, 0.2) is 5.78 Å². The Hall–Kier alpha value is -1.02. The van der Waals surface area contributed by atoms with Crippen LogP contribution in [0.2, 0.25) is 5.02 Å². The number of carbonyl (C=O) groups excluding carboxylic acids is 1. The van der Waals surface area contributed by atoms with E-state index in [4.69, 9.17) is 16.3 Å². The normalized spacial score (nSPS) is 29.5. The van der Waals surface area contributed by atoms with Crippen LogP contribution in [0.4, 0.5) is 0 Å². The number of Topliss-reactive ketones (excluding diaryl/α,β-unsaturated/α-hetero) is 1. The molecule has 0 radical (unpaired) electrons. The first kappa shape index (κ1) is 12.0. The molecule has 2 nitrogen and oxygen atoms in total. The Bertz CT molecular complexity index is 458. The smallest absolute Gasteiger partial charge is 0.173 e. The van der Waals surface area contributed by atoms with Crippen LogP contribution in [0.3, 0.4) is 0 Å². The van der Waals surface area contributed by atoms with Crippen molar-refractivity contribution in [2.75, 3.05) is 6.61 Å². The fourth-order valence-electron chi connectivity index (χ4n) is 3.46. The van der Waals surface area contributed by atoms with Gasteiger partial charge in [0.1, 0.15) is 12.4 Å². The predicted molar refractivity (Wildman–Crippen MR) is 70.9 cm³/mol. The zero-order valence-electron chi connectivity index (χ0n) is 10.3. The average molecular weight is 265 g/mol. The van der Waals surface area contributed by atoms with Gasteiger partial charge in [0.25, 0.3) is 0 Å². The van der Waals surface area contributed by atoms with Gasteiger partial charge in [-0.15, -0.1) is 0 Å². The van der Waals surface area contributed by atoms with E-state index < -0.39 is 0 Å². The van der Waals surface area contributed by atoms with Crippen molar-refractivity contribution in [3.05, 3.63) is 29.3 Å². The molecule has 3 atom stereocenters. The fraction of sp³-hybridized carbons (Fsp3) is 0.533. The SMILES string of the molecule is O=C(COc1cccc(Cl)c1)C1CC2CCC1C2. The number of carbonyl (C=O) groups is 1. The van der Waals surface area contributed by atoms with Crippen molar-refractivity contribution in [2.24, 2.45) is 17.8 Å². The summed E-state index contributed by atoms with van der Waals surface area (Å²) in [6, 6.07) is 7.21. The topological polar surface area (TPSA) is 26.3 Å². The first-order valence-electron chi connectivity index (χ1n) is 6.63. The summed E-state index contributed by atoms with van der Waals surface area (Å²) < 4.78 is 5.53. The van der Waals surface area contributed by atoms with Crippen LogP contribution in [-0.2, 0) is 4.79 Å². The summed E-state index contributed by atoms with van der Waals surface area (Å²) in [5, 5.41) is 0.639. The largest absolute Gasteiger partial charge is 0.486 e. The lowest BCUT2D eigenvalue weighted by Crippen LogP contribution is -2.26. The van der Waals surface area contributed by atoms with Crippen LogP contribution < -0.4 is 4.74 Å². The van der Waals surface area contributed by atoms with Crippen LogP contribution in [0.15, 0.2) is 24.3 Å². The summed E-state index contributed by atoms with van der Waals surface area (Å²) in [5.74, 6) is 2.63. The second-order valence-corrected chi connectivity index (χ2v) is 5.93. The minimum Gasteiger partial charge on any atom is -0.486 e. The van der Waals surface area contributed by atoms with Gasteiger partial charge in [-0.3, -0.25) is 4.79 Å².